The van der Waals surface area contributed by atoms with E-state index in [0.29, 0.717) is 17.7 Å². The van der Waals surface area contributed by atoms with E-state index in [1.54, 1.807) is 0 Å². The van der Waals surface area contributed by atoms with Gasteiger partial charge in [0.05, 0.1) is 12.2 Å². The van der Waals surface area contributed by atoms with Crippen LogP contribution in [-0.4, -0.2) is 28.6 Å². The number of hydrogen-bond donors (Lipinski definition) is 1. The van der Waals surface area contributed by atoms with Crippen LogP contribution < -0.4 is 5.32 Å². The van der Waals surface area contributed by atoms with Crippen molar-refractivity contribution < 1.29 is 4.79 Å². The lowest BCUT2D eigenvalue weighted by Gasteiger charge is -2.38. The Bertz CT molecular complexity index is 307. The number of rotatable bonds is 4. The van der Waals surface area contributed by atoms with Crippen molar-refractivity contribution in [1.29, 1.82) is 0 Å². The third kappa shape index (κ3) is 2.35. The summed E-state index contributed by atoms with van der Waals surface area (Å²) in [5.41, 5.74) is 0.0230. The maximum atomic E-state index is 12.5. The van der Waals surface area contributed by atoms with Crippen molar-refractivity contribution in [3.8, 4) is 0 Å². The third-order valence-corrected chi connectivity index (χ3v) is 4.27. The molecule has 2 atom stereocenters. The molecule has 0 aromatic heterocycles. The largest absolute Gasteiger partial charge is 0.321 e. The van der Waals surface area contributed by atoms with Crippen LogP contribution in [0, 0.1) is 11.8 Å². The van der Waals surface area contributed by atoms with Gasteiger partial charge < -0.3 is 4.90 Å². The van der Waals surface area contributed by atoms with Gasteiger partial charge >= 0.3 is 0 Å². The Morgan fingerprint density at radius 2 is 2.00 bits per heavy atom. The van der Waals surface area contributed by atoms with Gasteiger partial charge in [-0.15, -0.1) is 0 Å². The first-order valence-electron chi connectivity index (χ1n) is 6.93. The van der Waals surface area contributed by atoms with Crippen molar-refractivity contribution in [3.63, 3.8) is 0 Å². The lowest BCUT2D eigenvalue weighted by Crippen LogP contribution is -2.51. The molecule has 3 heteroatoms. The SMILES string of the molecule is CC(C)CC1NC(C)N(C(C)(C)C2CC2)C1=O. The first-order valence-corrected chi connectivity index (χ1v) is 6.93. The normalized spacial score (nSPS) is 30.5. The highest BCUT2D eigenvalue weighted by Crippen LogP contribution is 2.44. The lowest BCUT2D eigenvalue weighted by atomic mass is 9.95. The van der Waals surface area contributed by atoms with Crippen LogP contribution >= 0.6 is 0 Å². The Morgan fingerprint density at radius 1 is 1.41 bits per heavy atom. The summed E-state index contributed by atoms with van der Waals surface area (Å²) >= 11 is 0. The molecule has 0 aromatic rings. The standard InChI is InChI=1S/C14H26N2O/c1-9(2)8-12-13(17)16(10(3)15-12)14(4,5)11-6-7-11/h9-12,15H,6-8H2,1-5H3. The zero-order valence-electron chi connectivity index (χ0n) is 11.8. The van der Waals surface area contributed by atoms with E-state index in [1.165, 1.54) is 12.8 Å². The number of hydrogen-bond acceptors (Lipinski definition) is 2. The van der Waals surface area contributed by atoms with Crippen LogP contribution in [0.5, 0.6) is 0 Å². The highest BCUT2D eigenvalue weighted by Gasteiger charge is 2.50. The Hall–Kier alpha value is -0.570. The van der Waals surface area contributed by atoms with Gasteiger partial charge in [0.2, 0.25) is 5.91 Å². The topological polar surface area (TPSA) is 32.3 Å². The van der Waals surface area contributed by atoms with Gasteiger partial charge in [-0.3, -0.25) is 10.1 Å². The van der Waals surface area contributed by atoms with Crippen LogP contribution in [-0.2, 0) is 4.79 Å². The van der Waals surface area contributed by atoms with E-state index >= 15 is 0 Å². The number of amides is 1. The Balaban J connectivity index is 2.10. The smallest absolute Gasteiger partial charge is 0.241 e. The second kappa shape index (κ2) is 4.27. The second-order valence-electron chi connectivity index (χ2n) is 6.66. The van der Waals surface area contributed by atoms with Crippen molar-refractivity contribution in [2.75, 3.05) is 0 Å². The summed E-state index contributed by atoms with van der Waals surface area (Å²) in [5, 5.41) is 3.45. The summed E-state index contributed by atoms with van der Waals surface area (Å²) < 4.78 is 0. The maximum Gasteiger partial charge on any atom is 0.241 e. The Kier molecular flexibility index (Phi) is 3.23. The minimum Gasteiger partial charge on any atom is -0.321 e. The number of carbonyl (C=O) groups is 1. The maximum absolute atomic E-state index is 12.5. The molecule has 1 saturated heterocycles. The van der Waals surface area contributed by atoms with E-state index in [4.69, 9.17) is 0 Å². The average Bonchev–Trinajstić information content (AvgIpc) is 2.95. The van der Waals surface area contributed by atoms with Crippen LogP contribution in [0.4, 0.5) is 0 Å². The summed E-state index contributed by atoms with van der Waals surface area (Å²) in [5.74, 6) is 1.57. The Morgan fingerprint density at radius 3 is 2.47 bits per heavy atom. The zero-order chi connectivity index (χ0) is 12.8. The van der Waals surface area contributed by atoms with Crippen LogP contribution in [0.1, 0.15) is 53.9 Å². The summed E-state index contributed by atoms with van der Waals surface area (Å²) in [6.45, 7) is 10.9. The van der Waals surface area contributed by atoms with Gasteiger partial charge in [-0.05, 0) is 51.9 Å². The fourth-order valence-corrected chi connectivity index (χ4v) is 3.21. The molecule has 2 fully saturated rings. The predicted octanol–water partition coefficient (Wildman–Crippen LogP) is 2.37. The Labute approximate surface area is 105 Å². The summed E-state index contributed by atoms with van der Waals surface area (Å²) in [6.07, 6.45) is 3.68. The van der Waals surface area contributed by atoms with E-state index < -0.39 is 0 Å². The van der Waals surface area contributed by atoms with Gasteiger partial charge in [-0.1, -0.05) is 13.8 Å². The van der Waals surface area contributed by atoms with Gasteiger partial charge in [-0.25, -0.2) is 0 Å². The number of carbonyl (C=O) groups excluding carboxylic acids is 1. The van der Waals surface area contributed by atoms with E-state index in [9.17, 15) is 4.79 Å². The van der Waals surface area contributed by atoms with Crippen LogP contribution in [0.2, 0.25) is 0 Å². The molecular formula is C14H26N2O. The molecular weight excluding hydrogens is 212 g/mol. The molecule has 3 nitrogen and oxygen atoms in total. The number of nitrogens with one attached hydrogen (secondary N) is 1. The highest BCUT2D eigenvalue weighted by molar-refractivity contribution is 5.85. The average molecular weight is 238 g/mol. The minimum atomic E-state index is 0.0230. The van der Waals surface area contributed by atoms with Crippen LogP contribution in [0.15, 0.2) is 0 Å². The summed E-state index contributed by atoms with van der Waals surface area (Å²) in [7, 11) is 0. The molecule has 1 aliphatic heterocycles. The monoisotopic (exact) mass is 238 g/mol. The molecule has 0 aromatic carbocycles. The fourth-order valence-electron chi connectivity index (χ4n) is 3.21. The van der Waals surface area contributed by atoms with E-state index in [0.717, 1.165) is 6.42 Å². The molecule has 1 aliphatic carbocycles. The molecule has 2 aliphatic rings. The lowest BCUT2D eigenvalue weighted by molar-refractivity contribution is -0.136. The molecule has 0 bridgehead atoms. The number of nitrogens with zero attached hydrogens (tertiary/aromatic N) is 1. The van der Waals surface area contributed by atoms with E-state index in [-0.39, 0.29) is 17.7 Å². The van der Waals surface area contributed by atoms with Crippen molar-refractivity contribution in [2.45, 2.75) is 71.6 Å². The predicted molar refractivity (Wildman–Crippen MR) is 69.5 cm³/mol. The van der Waals surface area contributed by atoms with E-state index in [2.05, 4.69) is 44.8 Å². The second-order valence-corrected chi connectivity index (χ2v) is 6.66. The van der Waals surface area contributed by atoms with Crippen molar-refractivity contribution in [3.05, 3.63) is 0 Å². The molecule has 17 heavy (non-hydrogen) atoms. The minimum absolute atomic E-state index is 0.0230. The quantitative estimate of drug-likeness (QED) is 0.815. The first-order chi connectivity index (χ1) is 7.84. The summed E-state index contributed by atoms with van der Waals surface area (Å²) in [6, 6.07) is 0.0306. The van der Waals surface area contributed by atoms with Crippen molar-refractivity contribution >= 4 is 5.91 Å². The van der Waals surface area contributed by atoms with Gasteiger partial charge in [-0.2, -0.15) is 0 Å². The molecule has 2 unspecified atom stereocenters. The van der Waals surface area contributed by atoms with Crippen molar-refractivity contribution in [1.82, 2.24) is 10.2 Å². The molecule has 98 valence electrons. The molecule has 0 radical (unpaired) electrons. The highest BCUT2D eigenvalue weighted by atomic mass is 16.2. The molecule has 2 rings (SSSR count). The summed E-state index contributed by atoms with van der Waals surface area (Å²) in [4.78, 5) is 14.6. The van der Waals surface area contributed by atoms with Gasteiger partial charge in [0.25, 0.3) is 0 Å². The molecule has 1 saturated carbocycles. The van der Waals surface area contributed by atoms with Crippen LogP contribution in [0.25, 0.3) is 0 Å². The molecule has 1 N–H and O–H groups in total. The molecule has 0 spiro atoms. The van der Waals surface area contributed by atoms with Gasteiger partial charge in [0.15, 0.2) is 0 Å². The molecule has 1 amide bonds. The first kappa shape index (κ1) is 12.9. The van der Waals surface area contributed by atoms with Crippen molar-refractivity contribution in [2.24, 2.45) is 11.8 Å². The van der Waals surface area contributed by atoms with Crippen LogP contribution in [0.3, 0.4) is 0 Å². The zero-order valence-corrected chi connectivity index (χ0v) is 11.8. The fraction of sp³-hybridized carbons (Fsp3) is 0.929. The van der Waals surface area contributed by atoms with Gasteiger partial charge in [0, 0.05) is 5.54 Å². The third-order valence-electron chi connectivity index (χ3n) is 4.27. The van der Waals surface area contributed by atoms with E-state index in [1.807, 2.05) is 0 Å². The van der Waals surface area contributed by atoms with Gasteiger partial charge in [0.1, 0.15) is 0 Å². The molecule has 1 heterocycles.